The number of thiophene rings is 1. The molecule has 0 aliphatic carbocycles. The Balaban J connectivity index is 1.41. The van der Waals surface area contributed by atoms with E-state index in [1.54, 1.807) is 0 Å². The van der Waals surface area contributed by atoms with Gasteiger partial charge >= 0.3 is 0 Å². The minimum atomic E-state index is -0.0324. The number of fused-ring (bicyclic) bond motifs is 2. The van der Waals surface area contributed by atoms with Gasteiger partial charge in [0.05, 0.1) is 20.8 Å². The highest BCUT2D eigenvalue weighted by molar-refractivity contribution is 7.17. The number of aromatic nitrogens is 2. The predicted molar refractivity (Wildman–Crippen MR) is 110 cm³/mol. The normalized spacial score (nSPS) is 15.4. The monoisotopic (exact) mass is 376 g/mol. The highest BCUT2D eigenvalue weighted by Gasteiger charge is 2.17. The molecule has 3 heterocycles. The topological polar surface area (TPSA) is 61.0 Å². The molecule has 1 aliphatic rings. The summed E-state index contributed by atoms with van der Waals surface area (Å²) in [7, 11) is 0. The lowest BCUT2D eigenvalue weighted by molar-refractivity contribution is 0.0754. The Bertz CT molecular complexity index is 1070. The van der Waals surface area contributed by atoms with Gasteiger partial charge in [0.1, 0.15) is 5.82 Å². The smallest absolute Gasteiger partial charge is 0.275 e. The van der Waals surface area contributed by atoms with Gasteiger partial charge in [-0.3, -0.25) is 10.2 Å². The Labute approximate surface area is 161 Å². The molecule has 27 heavy (non-hydrogen) atoms. The number of hydrogen-bond acceptors (Lipinski definition) is 4. The zero-order chi connectivity index (χ0) is 18.2. The molecule has 0 saturated carbocycles. The van der Waals surface area contributed by atoms with Gasteiger partial charge in [0.15, 0.2) is 0 Å². The summed E-state index contributed by atoms with van der Waals surface area (Å²) in [6, 6.07) is 16.3. The maximum atomic E-state index is 12.5. The first-order valence-corrected chi connectivity index (χ1v) is 10.1. The Kier molecular flexibility index (Phi) is 4.14. The van der Waals surface area contributed by atoms with Gasteiger partial charge < -0.3 is 4.98 Å². The van der Waals surface area contributed by atoms with E-state index in [2.05, 4.69) is 34.7 Å². The number of nitrogens with one attached hydrogen (secondary N) is 2. The molecule has 0 bridgehead atoms. The fraction of sp³-hybridized carbons (Fsp3) is 0.238. The molecule has 6 heteroatoms. The third-order valence-electron chi connectivity index (χ3n) is 5.03. The van der Waals surface area contributed by atoms with E-state index in [1.807, 2.05) is 29.3 Å². The first kappa shape index (κ1) is 16.5. The highest BCUT2D eigenvalue weighted by atomic mass is 32.1. The van der Waals surface area contributed by atoms with E-state index >= 15 is 0 Å². The van der Waals surface area contributed by atoms with Crippen LogP contribution in [0, 0.1) is 0 Å². The van der Waals surface area contributed by atoms with Crippen molar-refractivity contribution in [1.82, 2.24) is 20.4 Å². The number of nitrogens with zero attached hydrogens (tertiary/aromatic N) is 2. The van der Waals surface area contributed by atoms with Crippen molar-refractivity contribution in [2.45, 2.75) is 19.3 Å². The molecule has 2 aromatic carbocycles. The Morgan fingerprint density at radius 3 is 2.63 bits per heavy atom. The fourth-order valence-electron chi connectivity index (χ4n) is 3.61. The van der Waals surface area contributed by atoms with Gasteiger partial charge in [-0.15, -0.1) is 11.3 Å². The molecule has 5 nitrogen and oxygen atoms in total. The van der Waals surface area contributed by atoms with Crippen molar-refractivity contribution < 1.29 is 4.79 Å². The zero-order valence-electron chi connectivity index (χ0n) is 14.9. The molecule has 1 aliphatic heterocycles. The summed E-state index contributed by atoms with van der Waals surface area (Å²) in [4.78, 5) is 22.3. The lowest BCUT2D eigenvalue weighted by Crippen LogP contribution is -2.44. The average Bonchev–Trinajstić information content (AvgIpc) is 3.33. The van der Waals surface area contributed by atoms with Crippen LogP contribution in [0.2, 0.25) is 0 Å². The van der Waals surface area contributed by atoms with Gasteiger partial charge in [0.2, 0.25) is 0 Å². The number of H-pyrrole nitrogens is 1. The van der Waals surface area contributed by atoms with Gasteiger partial charge in [-0.25, -0.2) is 9.99 Å². The first-order chi connectivity index (χ1) is 13.3. The summed E-state index contributed by atoms with van der Waals surface area (Å²) in [5, 5.41) is 4.39. The van der Waals surface area contributed by atoms with Crippen LogP contribution in [0.4, 0.5) is 0 Å². The van der Waals surface area contributed by atoms with E-state index in [0.717, 1.165) is 47.7 Å². The largest absolute Gasteiger partial charge is 0.337 e. The quantitative estimate of drug-likeness (QED) is 0.550. The van der Waals surface area contributed by atoms with Crippen LogP contribution in [0.1, 0.15) is 28.9 Å². The lowest BCUT2D eigenvalue weighted by Gasteiger charge is -2.26. The number of rotatable bonds is 3. The van der Waals surface area contributed by atoms with E-state index in [9.17, 15) is 4.79 Å². The SMILES string of the molecule is O=C(NN1CCCCC1)c1ccc(-c2nc3cc4ccccc4cc3[nH]2)s1. The number of imidazole rings is 1. The van der Waals surface area contributed by atoms with Gasteiger partial charge in [0.25, 0.3) is 5.91 Å². The number of aromatic amines is 1. The number of carbonyl (C=O) groups excluding carboxylic acids is 1. The Hall–Kier alpha value is -2.70. The Morgan fingerprint density at radius 1 is 1.04 bits per heavy atom. The average molecular weight is 376 g/mol. The number of amides is 1. The van der Waals surface area contributed by atoms with Crippen LogP contribution in [0.5, 0.6) is 0 Å². The molecule has 1 fully saturated rings. The van der Waals surface area contributed by atoms with Gasteiger partial charge in [-0.05, 0) is 47.9 Å². The maximum absolute atomic E-state index is 12.5. The predicted octanol–water partition coefficient (Wildman–Crippen LogP) is 4.58. The van der Waals surface area contributed by atoms with E-state index in [1.165, 1.54) is 28.5 Å². The van der Waals surface area contributed by atoms with Crippen LogP contribution in [0.15, 0.2) is 48.5 Å². The van der Waals surface area contributed by atoms with Crippen LogP contribution in [-0.2, 0) is 0 Å². The second kappa shape index (κ2) is 6.79. The standard InChI is InChI=1S/C21H20N4OS/c26-21(24-25-10-4-1-5-11-25)19-9-8-18(27-19)20-22-16-12-14-6-2-3-7-15(14)13-17(16)23-20/h2-3,6-9,12-13H,1,4-5,10-11H2,(H,22,23)(H,24,26). The summed E-state index contributed by atoms with van der Waals surface area (Å²) in [5.41, 5.74) is 4.97. The molecular formula is C21H20N4OS. The molecule has 1 amide bonds. The van der Waals surface area contributed by atoms with Crippen LogP contribution in [-0.4, -0.2) is 34.0 Å². The summed E-state index contributed by atoms with van der Waals surface area (Å²) in [6.07, 6.45) is 3.53. The molecular weight excluding hydrogens is 356 g/mol. The van der Waals surface area contributed by atoms with E-state index in [4.69, 9.17) is 4.98 Å². The van der Waals surface area contributed by atoms with Crippen molar-refractivity contribution in [1.29, 1.82) is 0 Å². The second-order valence-corrected chi connectivity index (χ2v) is 8.04. The Morgan fingerprint density at radius 2 is 1.81 bits per heavy atom. The molecule has 5 rings (SSSR count). The molecule has 0 unspecified atom stereocenters. The summed E-state index contributed by atoms with van der Waals surface area (Å²) in [5.74, 6) is 0.775. The molecule has 2 N–H and O–H groups in total. The second-order valence-electron chi connectivity index (χ2n) is 6.95. The van der Waals surface area contributed by atoms with Crippen LogP contribution < -0.4 is 5.43 Å². The number of benzene rings is 2. The van der Waals surface area contributed by atoms with Crippen LogP contribution in [0.25, 0.3) is 32.5 Å². The third kappa shape index (κ3) is 3.22. The minimum Gasteiger partial charge on any atom is -0.337 e. The van der Waals surface area contributed by atoms with Gasteiger partial charge in [-0.2, -0.15) is 0 Å². The summed E-state index contributed by atoms with van der Waals surface area (Å²) >= 11 is 1.47. The van der Waals surface area contributed by atoms with Crippen molar-refractivity contribution in [2.75, 3.05) is 13.1 Å². The highest BCUT2D eigenvalue weighted by Crippen LogP contribution is 2.29. The number of hydrogen-bond donors (Lipinski definition) is 2. The maximum Gasteiger partial charge on any atom is 0.275 e. The molecule has 2 aromatic heterocycles. The molecule has 0 spiro atoms. The molecule has 1 saturated heterocycles. The van der Waals surface area contributed by atoms with Crippen molar-refractivity contribution in [3.63, 3.8) is 0 Å². The van der Waals surface area contributed by atoms with Crippen molar-refractivity contribution in [3.8, 4) is 10.7 Å². The zero-order valence-corrected chi connectivity index (χ0v) is 15.7. The molecule has 136 valence electrons. The molecule has 0 radical (unpaired) electrons. The lowest BCUT2D eigenvalue weighted by atomic mass is 10.1. The van der Waals surface area contributed by atoms with Crippen LogP contribution in [0.3, 0.4) is 0 Å². The number of carbonyl (C=O) groups is 1. The van der Waals surface area contributed by atoms with Crippen molar-refractivity contribution in [3.05, 3.63) is 53.4 Å². The minimum absolute atomic E-state index is 0.0324. The number of piperidine rings is 1. The van der Waals surface area contributed by atoms with E-state index in [-0.39, 0.29) is 5.91 Å². The van der Waals surface area contributed by atoms with E-state index < -0.39 is 0 Å². The van der Waals surface area contributed by atoms with Crippen molar-refractivity contribution >= 4 is 39.0 Å². The van der Waals surface area contributed by atoms with Gasteiger partial charge in [-0.1, -0.05) is 30.7 Å². The first-order valence-electron chi connectivity index (χ1n) is 9.31. The molecule has 0 atom stereocenters. The van der Waals surface area contributed by atoms with Crippen molar-refractivity contribution in [2.24, 2.45) is 0 Å². The molecule has 4 aromatic rings. The van der Waals surface area contributed by atoms with Gasteiger partial charge in [0, 0.05) is 13.1 Å². The number of hydrazine groups is 1. The fourth-order valence-corrected chi connectivity index (χ4v) is 4.45. The third-order valence-corrected chi connectivity index (χ3v) is 6.12. The summed E-state index contributed by atoms with van der Waals surface area (Å²) in [6.45, 7) is 1.86. The van der Waals surface area contributed by atoms with E-state index in [0.29, 0.717) is 4.88 Å². The van der Waals surface area contributed by atoms with Crippen LogP contribution >= 0.6 is 11.3 Å². The summed E-state index contributed by atoms with van der Waals surface area (Å²) < 4.78 is 0.